The van der Waals surface area contributed by atoms with Crippen LogP contribution < -0.4 is 0 Å². The molecule has 0 N–H and O–H groups in total. The monoisotopic (exact) mass is 385 g/mol. The maximum Gasteiger partial charge on any atom is 0.144 e. The van der Waals surface area contributed by atoms with E-state index >= 15 is 0 Å². The Morgan fingerprint density at radius 2 is 1.83 bits per heavy atom. The fourth-order valence-corrected chi connectivity index (χ4v) is 3.76. The highest BCUT2D eigenvalue weighted by Crippen LogP contribution is 2.38. The molecule has 0 amide bonds. The van der Waals surface area contributed by atoms with Crippen molar-refractivity contribution in [1.82, 2.24) is 9.97 Å². The predicted molar refractivity (Wildman–Crippen MR) is 120 cm³/mol. The standard InChI is InChI=1S/C26H24N2O/c1-16-12-22-18(15-28-16)8-9-20-19-6-5-7-21(24(19)29-25(20)22)23-13-17(10-11-27-23)14-26(2,3)4/h5-13,15H,14H2,1-4H3/i1D3,14D2. The van der Waals surface area contributed by atoms with Gasteiger partial charge < -0.3 is 4.42 Å². The SMILES string of the molecule is [2H]C([2H])([2H])c1cc2c(ccc3c4cccc(-c5cc(C([2H])([2H])C(C)(C)C)ccn5)c4oc23)cn1. The number of fused-ring (bicyclic) bond motifs is 5. The quantitative estimate of drug-likeness (QED) is 0.325. The van der Waals surface area contributed by atoms with Crippen LogP contribution in [0.3, 0.4) is 0 Å². The number of hydrogen-bond donors (Lipinski definition) is 0. The van der Waals surface area contributed by atoms with E-state index in [4.69, 9.17) is 11.3 Å². The van der Waals surface area contributed by atoms with Gasteiger partial charge in [-0.05, 0) is 54.5 Å². The summed E-state index contributed by atoms with van der Waals surface area (Å²) in [6.45, 7) is 3.31. The van der Waals surface area contributed by atoms with Crippen LogP contribution in [-0.2, 0) is 6.37 Å². The van der Waals surface area contributed by atoms with Crippen molar-refractivity contribution in [3.63, 3.8) is 0 Å². The normalized spacial score (nSPS) is 15.8. The number of para-hydroxylation sites is 1. The third-order valence-corrected chi connectivity index (χ3v) is 4.92. The molecule has 0 aliphatic rings. The van der Waals surface area contributed by atoms with Gasteiger partial charge in [0.1, 0.15) is 11.2 Å². The van der Waals surface area contributed by atoms with Gasteiger partial charge in [-0.25, -0.2) is 0 Å². The zero-order valence-corrected chi connectivity index (χ0v) is 16.6. The number of hydrogen-bond acceptors (Lipinski definition) is 3. The second-order valence-electron chi connectivity index (χ2n) is 8.32. The molecule has 0 spiro atoms. The molecular weight excluding hydrogens is 356 g/mol. The first-order valence-corrected chi connectivity index (χ1v) is 9.59. The van der Waals surface area contributed by atoms with Gasteiger partial charge in [-0.2, -0.15) is 0 Å². The van der Waals surface area contributed by atoms with Gasteiger partial charge in [0.2, 0.25) is 0 Å². The molecule has 3 aromatic heterocycles. The van der Waals surface area contributed by atoms with Gasteiger partial charge in [0.25, 0.3) is 0 Å². The Hall–Kier alpha value is -3.20. The Labute approximate surface area is 177 Å². The first kappa shape index (κ1) is 13.1. The number of furan rings is 1. The Bertz CT molecular complexity index is 1560. The molecular formula is C26H24N2O. The topological polar surface area (TPSA) is 38.9 Å². The van der Waals surface area contributed by atoms with E-state index in [1.807, 2.05) is 51.1 Å². The third-order valence-electron chi connectivity index (χ3n) is 4.92. The molecule has 3 nitrogen and oxygen atoms in total. The Balaban J connectivity index is 1.76. The second kappa shape index (κ2) is 6.41. The highest BCUT2D eigenvalue weighted by Gasteiger charge is 2.16. The largest absolute Gasteiger partial charge is 0.455 e. The fourth-order valence-electron chi connectivity index (χ4n) is 3.76. The van der Waals surface area contributed by atoms with Crippen LogP contribution in [0.5, 0.6) is 0 Å². The molecule has 5 rings (SSSR count). The summed E-state index contributed by atoms with van der Waals surface area (Å²) in [5, 5.41) is 3.23. The average molecular weight is 386 g/mol. The number of aromatic nitrogens is 2. The minimum Gasteiger partial charge on any atom is -0.455 e. The van der Waals surface area contributed by atoms with Crippen molar-refractivity contribution in [2.75, 3.05) is 0 Å². The van der Waals surface area contributed by atoms with Crippen LogP contribution in [0.4, 0.5) is 0 Å². The molecule has 0 unspecified atom stereocenters. The van der Waals surface area contributed by atoms with Crippen molar-refractivity contribution in [2.45, 2.75) is 34.0 Å². The molecule has 3 heteroatoms. The average Bonchev–Trinajstić information content (AvgIpc) is 3.17. The minimum atomic E-state index is -2.32. The summed E-state index contributed by atoms with van der Waals surface area (Å²) >= 11 is 0. The fraction of sp³-hybridized carbons (Fsp3) is 0.231. The van der Waals surface area contributed by atoms with Crippen molar-refractivity contribution in [1.29, 1.82) is 0 Å². The van der Waals surface area contributed by atoms with Gasteiger partial charge in [0.15, 0.2) is 0 Å². The smallest absolute Gasteiger partial charge is 0.144 e. The van der Waals surface area contributed by atoms with Crippen LogP contribution in [0.25, 0.3) is 44.0 Å². The van der Waals surface area contributed by atoms with Crippen LogP contribution in [0.2, 0.25) is 0 Å². The molecule has 2 aromatic carbocycles. The first-order valence-electron chi connectivity index (χ1n) is 12.1. The number of pyridine rings is 2. The lowest BCUT2D eigenvalue weighted by Gasteiger charge is -2.18. The molecule has 0 radical (unpaired) electrons. The number of rotatable bonds is 2. The summed E-state index contributed by atoms with van der Waals surface area (Å²) in [4.78, 5) is 8.63. The summed E-state index contributed by atoms with van der Waals surface area (Å²) in [6.07, 6.45) is 1.63. The lowest BCUT2D eigenvalue weighted by atomic mass is 9.88. The summed E-state index contributed by atoms with van der Waals surface area (Å²) in [6, 6.07) is 14.7. The maximum absolute atomic E-state index is 8.65. The van der Waals surface area contributed by atoms with Crippen LogP contribution in [0, 0.1) is 12.3 Å². The molecule has 0 saturated heterocycles. The van der Waals surface area contributed by atoms with Gasteiger partial charge in [-0.3, -0.25) is 9.97 Å². The first-order chi connectivity index (χ1) is 15.9. The molecule has 29 heavy (non-hydrogen) atoms. The van der Waals surface area contributed by atoms with Gasteiger partial charge in [-0.1, -0.05) is 39.0 Å². The minimum absolute atomic E-state index is 0.0203. The molecule has 144 valence electrons. The van der Waals surface area contributed by atoms with E-state index in [0.717, 1.165) is 21.7 Å². The van der Waals surface area contributed by atoms with E-state index < -0.39 is 18.6 Å². The maximum atomic E-state index is 8.65. The van der Waals surface area contributed by atoms with Gasteiger partial charge in [-0.15, -0.1) is 0 Å². The summed E-state index contributed by atoms with van der Waals surface area (Å²) in [5.41, 5.74) is 2.56. The van der Waals surface area contributed by atoms with E-state index in [-0.39, 0.29) is 5.69 Å². The summed E-state index contributed by atoms with van der Waals surface area (Å²) in [7, 11) is 0. The van der Waals surface area contributed by atoms with E-state index in [0.29, 0.717) is 27.8 Å². The Morgan fingerprint density at radius 3 is 2.66 bits per heavy atom. The van der Waals surface area contributed by atoms with Crippen molar-refractivity contribution < 1.29 is 11.3 Å². The zero-order chi connectivity index (χ0) is 24.5. The number of benzene rings is 2. The van der Waals surface area contributed by atoms with Crippen molar-refractivity contribution in [3.8, 4) is 11.3 Å². The zero-order valence-electron chi connectivity index (χ0n) is 21.6. The molecule has 5 aromatic rings. The molecule has 0 atom stereocenters. The van der Waals surface area contributed by atoms with Gasteiger partial charge in [0, 0.05) is 52.0 Å². The van der Waals surface area contributed by atoms with Crippen LogP contribution in [0.15, 0.2) is 65.3 Å². The highest BCUT2D eigenvalue weighted by molar-refractivity contribution is 6.17. The lowest BCUT2D eigenvalue weighted by Crippen LogP contribution is -2.09. The Kier molecular flexibility index (Phi) is 2.90. The molecule has 3 heterocycles. The molecule has 0 saturated carbocycles. The molecule has 0 aliphatic heterocycles. The van der Waals surface area contributed by atoms with Crippen molar-refractivity contribution >= 4 is 32.7 Å². The molecule has 0 aliphatic carbocycles. The second-order valence-corrected chi connectivity index (χ2v) is 8.32. The molecule has 0 bridgehead atoms. The predicted octanol–water partition coefficient (Wildman–Crippen LogP) is 7.09. The van der Waals surface area contributed by atoms with Crippen molar-refractivity contribution in [2.24, 2.45) is 5.41 Å². The lowest BCUT2D eigenvalue weighted by molar-refractivity contribution is 0.411. The third kappa shape index (κ3) is 3.17. The van der Waals surface area contributed by atoms with Gasteiger partial charge in [0.05, 0.1) is 5.69 Å². The van der Waals surface area contributed by atoms with Crippen LogP contribution in [-0.4, -0.2) is 9.97 Å². The van der Waals surface area contributed by atoms with Crippen LogP contribution in [0.1, 0.15) is 38.9 Å². The number of nitrogens with zero attached hydrogens (tertiary/aromatic N) is 2. The van der Waals surface area contributed by atoms with E-state index in [1.54, 1.807) is 30.6 Å². The highest BCUT2D eigenvalue weighted by atomic mass is 16.3. The Morgan fingerprint density at radius 1 is 0.966 bits per heavy atom. The van der Waals surface area contributed by atoms with Gasteiger partial charge >= 0.3 is 0 Å². The summed E-state index contributed by atoms with van der Waals surface area (Å²) < 4.78 is 46.8. The van der Waals surface area contributed by atoms with E-state index in [1.165, 1.54) is 0 Å². The van der Waals surface area contributed by atoms with Crippen molar-refractivity contribution in [3.05, 3.63) is 72.2 Å². The van der Waals surface area contributed by atoms with E-state index in [9.17, 15) is 0 Å². The number of aryl methyl sites for hydroxylation is 1. The van der Waals surface area contributed by atoms with E-state index in [2.05, 4.69) is 9.97 Å². The summed E-state index contributed by atoms with van der Waals surface area (Å²) in [5.74, 6) is 0. The molecule has 0 fully saturated rings. The van der Waals surface area contributed by atoms with Crippen LogP contribution >= 0.6 is 0 Å².